The van der Waals surface area contributed by atoms with Crippen molar-refractivity contribution in [3.63, 3.8) is 0 Å². The van der Waals surface area contributed by atoms with E-state index < -0.39 is 0 Å². The summed E-state index contributed by atoms with van der Waals surface area (Å²) in [5.41, 5.74) is 8.34. The van der Waals surface area contributed by atoms with Gasteiger partial charge in [0.25, 0.3) is 0 Å². The molecule has 1 fully saturated rings. The Morgan fingerprint density at radius 2 is 1.86 bits per heavy atom. The van der Waals surface area contributed by atoms with Gasteiger partial charge in [-0.1, -0.05) is 50.2 Å². The summed E-state index contributed by atoms with van der Waals surface area (Å²) in [7, 11) is 0. The monoisotopic (exact) mass is 381 g/mol. The van der Waals surface area contributed by atoms with Crippen molar-refractivity contribution in [3.05, 3.63) is 59.7 Å². The molecule has 1 amide bonds. The molecule has 2 aliphatic heterocycles. The molecule has 2 aromatic carbocycles. The average Bonchev–Trinajstić information content (AvgIpc) is 3.22. The Hall–Kier alpha value is -2.57. The summed E-state index contributed by atoms with van der Waals surface area (Å²) in [6.45, 7) is 6.55. The van der Waals surface area contributed by atoms with Gasteiger partial charge in [0.15, 0.2) is 11.5 Å². The summed E-state index contributed by atoms with van der Waals surface area (Å²) in [5.74, 6) is 1.45. The van der Waals surface area contributed by atoms with Crippen molar-refractivity contribution in [2.75, 3.05) is 26.3 Å². The number of carbonyl (C=O) groups excluding carboxylic acids is 1. The van der Waals surface area contributed by atoms with Crippen LogP contribution in [0.4, 0.5) is 0 Å². The molecule has 2 unspecified atom stereocenters. The molecule has 2 aliphatic rings. The van der Waals surface area contributed by atoms with E-state index in [0.29, 0.717) is 26.3 Å². The molecule has 0 spiro atoms. The lowest BCUT2D eigenvalue weighted by Crippen LogP contribution is -2.41. The highest BCUT2D eigenvalue weighted by molar-refractivity contribution is 5.80. The number of ether oxygens (including phenoxy) is 2. The zero-order valence-electron chi connectivity index (χ0n) is 16.3. The first-order chi connectivity index (χ1) is 13.5. The highest BCUT2D eigenvalue weighted by atomic mass is 16.6. The van der Waals surface area contributed by atoms with Crippen LogP contribution in [0.25, 0.3) is 0 Å². The fourth-order valence-corrected chi connectivity index (χ4v) is 3.72. The Morgan fingerprint density at radius 3 is 2.64 bits per heavy atom. The van der Waals surface area contributed by atoms with Crippen LogP contribution in [0, 0.1) is 5.92 Å². The topological polar surface area (TPSA) is 71.6 Å². The van der Waals surface area contributed by atoms with Crippen molar-refractivity contribution in [2.45, 2.75) is 25.3 Å². The molecule has 6 heteroatoms. The summed E-state index contributed by atoms with van der Waals surface area (Å²) < 4.78 is 11.3. The van der Waals surface area contributed by atoms with E-state index in [2.05, 4.69) is 30.0 Å². The summed E-state index contributed by atoms with van der Waals surface area (Å²) in [6.07, 6.45) is 0. The van der Waals surface area contributed by atoms with Gasteiger partial charge < -0.3 is 14.8 Å². The Morgan fingerprint density at radius 1 is 1.11 bits per heavy atom. The van der Waals surface area contributed by atoms with Gasteiger partial charge in [-0.2, -0.15) is 0 Å². The molecule has 3 N–H and O–H groups in total. The number of amides is 1. The fourth-order valence-electron chi connectivity index (χ4n) is 3.72. The van der Waals surface area contributed by atoms with Gasteiger partial charge in [0, 0.05) is 18.5 Å². The van der Waals surface area contributed by atoms with E-state index in [1.54, 1.807) is 0 Å². The Kier molecular flexibility index (Phi) is 5.24. The number of hydrogen-bond acceptors (Lipinski definition) is 5. The summed E-state index contributed by atoms with van der Waals surface area (Å²) in [6, 6.07) is 16.1. The van der Waals surface area contributed by atoms with E-state index in [9.17, 15) is 4.79 Å². The normalized spacial score (nSPS) is 21.4. The second kappa shape index (κ2) is 7.81. The first-order valence-electron chi connectivity index (χ1n) is 9.76. The van der Waals surface area contributed by atoms with Crippen LogP contribution in [-0.2, 0) is 10.2 Å². The standard InChI is InChI=1S/C22H27N3O3/c1-22(2,16-8-9-18-19(12-16)28-11-10-27-18)14-23-21(26)17-13-24-25-20(17)15-6-4-3-5-7-15/h3-9,12,17,20,24-25H,10-11,13-14H2,1-2H3,(H,23,26). The molecule has 4 rings (SSSR count). The molecule has 0 aromatic heterocycles. The van der Waals surface area contributed by atoms with Crippen LogP contribution in [0.5, 0.6) is 11.5 Å². The van der Waals surface area contributed by atoms with E-state index in [0.717, 1.165) is 22.6 Å². The molecule has 0 radical (unpaired) electrons. The van der Waals surface area contributed by atoms with Gasteiger partial charge >= 0.3 is 0 Å². The third-order valence-electron chi connectivity index (χ3n) is 5.51. The highest BCUT2D eigenvalue weighted by Crippen LogP contribution is 2.35. The zero-order valence-corrected chi connectivity index (χ0v) is 16.3. The number of fused-ring (bicyclic) bond motifs is 1. The Labute approximate surface area is 165 Å². The van der Waals surface area contributed by atoms with E-state index in [1.807, 2.05) is 48.5 Å². The van der Waals surface area contributed by atoms with Crippen LogP contribution in [0.1, 0.15) is 31.0 Å². The average molecular weight is 381 g/mol. The van der Waals surface area contributed by atoms with Gasteiger partial charge in [-0.25, -0.2) is 5.43 Å². The molecule has 2 atom stereocenters. The first kappa shape index (κ1) is 18.8. The minimum atomic E-state index is -0.229. The molecule has 2 heterocycles. The van der Waals surface area contributed by atoms with Gasteiger partial charge in [0.05, 0.1) is 12.0 Å². The number of rotatable bonds is 5. The minimum Gasteiger partial charge on any atom is -0.486 e. The second-order valence-corrected chi connectivity index (χ2v) is 7.98. The van der Waals surface area contributed by atoms with Gasteiger partial charge in [-0.3, -0.25) is 10.2 Å². The lowest BCUT2D eigenvalue weighted by atomic mass is 9.84. The second-order valence-electron chi connectivity index (χ2n) is 7.98. The lowest BCUT2D eigenvalue weighted by molar-refractivity contribution is -0.125. The van der Waals surface area contributed by atoms with Gasteiger partial charge in [0.2, 0.25) is 5.91 Å². The maximum Gasteiger partial charge on any atom is 0.226 e. The Bertz CT molecular complexity index is 838. The third-order valence-corrected chi connectivity index (χ3v) is 5.51. The molecule has 0 bridgehead atoms. The highest BCUT2D eigenvalue weighted by Gasteiger charge is 2.34. The van der Waals surface area contributed by atoms with Gasteiger partial charge in [-0.05, 0) is 23.3 Å². The fraction of sp³-hybridized carbons (Fsp3) is 0.409. The zero-order chi connectivity index (χ0) is 19.6. The first-order valence-corrected chi connectivity index (χ1v) is 9.76. The van der Waals surface area contributed by atoms with Crippen LogP contribution in [0.3, 0.4) is 0 Å². The van der Waals surface area contributed by atoms with Crippen LogP contribution >= 0.6 is 0 Å². The van der Waals surface area contributed by atoms with Gasteiger partial charge in [0.1, 0.15) is 13.2 Å². The predicted molar refractivity (Wildman–Crippen MR) is 107 cm³/mol. The SMILES string of the molecule is CC(C)(CNC(=O)C1CNNC1c1ccccc1)c1ccc2c(c1)OCCO2. The maximum atomic E-state index is 12.9. The van der Waals surface area contributed by atoms with Gasteiger partial charge in [-0.15, -0.1) is 0 Å². The number of benzene rings is 2. The molecule has 148 valence electrons. The summed E-state index contributed by atoms with van der Waals surface area (Å²) in [4.78, 5) is 12.9. The minimum absolute atomic E-state index is 0.0291. The number of carbonyl (C=O) groups is 1. The third kappa shape index (κ3) is 3.84. The van der Waals surface area contributed by atoms with Crippen LogP contribution in [0.15, 0.2) is 48.5 Å². The van der Waals surface area contributed by atoms with E-state index in [1.165, 1.54) is 0 Å². The number of hydrogen-bond donors (Lipinski definition) is 3. The molecule has 28 heavy (non-hydrogen) atoms. The summed E-state index contributed by atoms with van der Waals surface area (Å²) >= 11 is 0. The van der Waals surface area contributed by atoms with Crippen LogP contribution in [0.2, 0.25) is 0 Å². The van der Waals surface area contributed by atoms with Crippen molar-refractivity contribution in [1.82, 2.24) is 16.2 Å². The smallest absolute Gasteiger partial charge is 0.226 e. The largest absolute Gasteiger partial charge is 0.486 e. The molecule has 0 saturated carbocycles. The molecule has 6 nitrogen and oxygen atoms in total. The van der Waals surface area contributed by atoms with Crippen molar-refractivity contribution in [2.24, 2.45) is 5.92 Å². The van der Waals surface area contributed by atoms with E-state index in [-0.39, 0.29) is 23.3 Å². The van der Waals surface area contributed by atoms with Crippen molar-refractivity contribution in [1.29, 1.82) is 0 Å². The number of hydrazine groups is 1. The molecule has 2 aromatic rings. The van der Waals surface area contributed by atoms with E-state index >= 15 is 0 Å². The Balaban J connectivity index is 1.42. The van der Waals surface area contributed by atoms with Crippen molar-refractivity contribution in [3.8, 4) is 11.5 Å². The van der Waals surface area contributed by atoms with Crippen LogP contribution in [-0.4, -0.2) is 32.2 Å². The maximum absolute atomic E-state index is 12.9. The quantitative estimate of drug-likeness (QED) is 0.741. The molecule has 1 saturated heterocycles. The van der Waals surface area contributed by atoms with Crippen molar-refractivity contribution < 1.29 is 14.3 Å². The molecular weight excluding hydrogens is 354 g/mol. The van der Waals surface area contributed by atoms with Crippen molar-refractivity contribution >= 4 is 5.91 Å². The lowest BCUT2D eigenvalue weighted by Gasteiger charge is -2.29. The predicted octanol–water partition coefficient (Wildman–Crippen LogP) is 2.32. The summed E-state index contributed by atoms with van der Waals surface area (Å²) in [5, 5.41) is 3.15. The van der Waals surface area contributed by atoms with E-state index in [4.69, 9.17) is 9.47 Å². The van der Waals surface area contributed by atoms with Crippen LogP contribution < -0.4 is 25.6 Å². The number of nitrogens with one attached hydrogen (secondary N) is 3. The molecule has 0 aliphatic carbocycles. The molecular formula is C22H27N3O3.